The van der Waals surface area contributed by atoms with Crippen molar-refractivity contribution in [1.82, 2.24) is 9.97 Å². The fourth-order valence-electron chi connectivity index (χ4n) is 1.60. The van der Waals surface area contributed by atoms with Gasteiger partial charge in [-0.1, -0.05) is 11.6 Å². The molecule has 0 aliphatic carbocycles. The maximum absolute atomic E-state index is 10.3. The molecule has 0 fully saturated rings. The lowest BCUT2D eigenvalue weighted by Gasteiger charge is -1.97. The number of thioether (sulfide) groups is 1. The van der Waals surface area contributed by atoms with Gasteiger partial charge in [-0.25, -0.2) is 4.98 Å². The molecule has 0 saturated heterocycles. The van der Waals surface area contributed by atoms with Crippen LogP contribution in [0, 0.1) is 0 Å². The minimum Gasteiger partial charge on any atom is -0.481 e. The van der Waals surface area contributed by atoms with Gasteiger partial charge in [0.2, 0.25) is 0 Å². The van der Waals surface area contributed by atoms with Crippen LogP contribution in [-0.2, 0) is 10.5 Å². The highest BCUT2D eigenvalue weighted by Gasteiger charge is 2.03. The number of imidazole rings is 1. The summed E-state index contributed by atoms with van der Waals surface area (Å²) >= 11 is 7.57. The molecule has 0 aliphatic rings. The maximum Gasteiger partial charge on any atom is 0.303 e. The molecule has 0 saturated carbocycles. The van der Waals surface area contributed by atoms with Crippen molar-refractivity contribution < 1.29 is 9.90 Å². The predicted molar refractivity (Wildman–Crippen MR) is 74.1 cm³/mol. The van der Waals surface area contributed by atoms with Gasteiger partial charge in [-0.05, 0) is 30.4 Å². The topological polar surface area (TPSA) is 66.0 Å². The molecule has 0 aliphatic heterocycles. The summed E-state index contributed by atoms with van der Waals surface area (Å²) in [5, 5.41) is 9.20. The van der Waals surface area contributed by atoms with Crippen LogP contribution in [0.3, 0.4) is 0 Å². The highest BCUT2D eigenvalue weighted by atomic mass is 35.5. The SMILES string of the molecule is O=C(O)CCCSCc1nc2ccc(Cl)cc2[nH]1. The van der Waals surface area contributed by atoms with E-state index >= 15 is 0 Å². The molecule has 0 unspecified atom stereocenters. The third kappa shape index (κ3) is 3.65. The first-order chi connectivity index (χ1) is 8.65. The van der Waals surface area contributed by atoms with Gasteiger partial charge in [0.05, 0.1) is 16.8 Å². The summed E-state index contributed by atoms with van der Waals surface area (Å²) in [6.07, 6.45) is 0.912. The fraction of sp³-hybridized carbons (Fsp3) is 0.333. The summed E-state index contributed by atoms with van der Waals surface area (Å²) in [6, 6.07) is 5.55. The number of carboxylic acids is 1. The van der Waals surface area contributed by atoms with E-state index in [1.165, 1.54) is 0 Å². The molecular weight excluding hydrogens is 272 g/mol. The summed E-state index contributed by atoms with van der Waals surface area (Å²) in [7, 11) is 0. The van der Waals surface area contributed by atoms with Crippen LogP contribution in [0.15, 0.2) is 18.2 Å². The van der Waals surface area contributed by atoms with Crippen molar-refractivity contribution in [2.24, 2.45) is 0 Å². The lowest BCUT2D eigenvalue weighted by Crippen LogP contribution is -1.95. The monoisotopic (exact) mass is 284 g/mol. The summed E-state index contributed by atoms with van der Waals surface area (Å²) < 4.78 is 0. The smallest absolute Gasteiger partial charge is 0.303 e. The normalized spacial score (nSPS) is 10.9. The number of hydrogen-bond acceptors (Lipinski definition) is 3. The van der Waals surface area contributed by atoms with E-state index in [2.05, 4.69) is 9.97 Å². The fourth-order valence-corrected chi connectivity index (χ4v) is 2.59. The molecule has 1 aromatic carbocycles. The van der Waals surface area contributed by atoms with Crippen molar-refractivity contribution in [3.8, 4) is 0 Å². The Hall–Kier alpha value is -1.20. The lowest BCUT2D eigenvalue weighted by atomic mass is 10.3. The molecule has 0 bridgehead atoms. The molecule has 2 N–H and O–H groups in total. The van der Waals surface area contributed by atoms with Gasteiger partial charge in [-0.15, -0.1) is 0 Å². The minimum atomic E-state index is -0.742. The van der Waals surface area contributed by atoms with E-state index in [-0.39, 0.29) is 6.42 Å². The highest BCUT2D eigenvalue weighted by Crippen LogP contribution is 2.19. The van der Waals surface area contributed by atoms with Crippen LogP contribution < -0.4 is 0 Å². The second-order valence-corrected chi connectivity index (χ2v) is 5.44. The molecule has 96 valence electrons. The maximum atomic E-state index is 10.3. The van der Waals surface area contributed by atoms with Crippen LogP contribution in [0.2, 0.25) is 5.02 Å². The van der Waals surface area contributed by atoms with E-state index in [1.807, 2.05) is 18.2 Å². The summed E-state index contributed by atoms with van der Waals surface area (Å²) in [6.45, 7) is 0. The van der Waals surface area contributed by atoms with Crippen molar-refractivity contribution in [2.45, 2.75) is 18.6 Å². The lowest BCUT2D eigenvalue weighted by molar-refractivity contribution is -0.137. The number of rotatable bonds is 6. The van der Waals surface area contributed by atoms with Crippen molar-refractivity contribution in [3.05, 3.63) is 29.0 Å². The molecule has 18 heavy (non-hydrogen) atoms. The standard InChI is InChI=1S/C12H13ClN2O2S/c13-8-3-4-9-10(6-8)15-11(14-9)7-18-5-1-2-12(16)17/h3-4,6H,1-2,5,7H2,(H,14,15)(H,16,17). The van der Waals surface area contributed by atoms with Gasteiger partial charge in [0.25, 0.3) is 0 Å². The van der Waals surface area contributed by atoms with Crippen molar-refractivity contribution >= 4 is 40.4 Å². The second-order valence-electron chi connectivity index (χ2n) is 3.89. The molecule has 1 aromatic heterocycles. The van der Waals surface area contributed by atoms with Gasteiger partial charge in [0.1, 0.15) is 5.82 Å². The number of hydrogen-bond donors (Lipinski definition) is 2. The van der Waals surface area contributed by atoms with Crippen LogP contribution in [0.5, 0.6) is 0 Å². The zero-order chi connectivity index (χ0) is 13.0. The Morgan fingerprint density at radius 2 is 2.33 bits per heavy atom. The van der Waals surface area contributed by atoms with Crippen molar-refractivity contribution in [2.75, 3.05) is 5.75 Å². The molecular formula is C12H13ClN2O2S. The average molecular weight is 285 g/mol. The Balaban J connectivity index is 1.86. The number of benzene rings is 1. The number of carboxylic acid groups (broad SMARTS) is 1. The van der Waals surface area contributed by atoms with Gasteiger partial charge < -0.3 is 10.1 Å². The third-order valence-electron chi connectivity index (χ3n) is 2.41. The Morgan fingerprint density at radius 1 is 1.50 bits per heavy atom. The quantitative estimate of drug-likeness (QED) is 0.799. The third-order valence-corrected chi connectivity index (χ3v) is 3.70. The minimum absolute atomic E-state index is 0.225. The first-order valence-electron chi connectivity index (χ1n) is 5.59. The Bertz CT molecular complexity index is 556. The van der Waals surface area contributed by atoms with E-state index in [0.717, 1.165) is 28.4 Å². The van der Waals surface area contributed by atoms with Crippen LogP contribution in [0.4, 0.5) is 0 Å². The Labute approximate surface area is 114 Å². The number of nitrogens with one attached hydrogen (secondary N) is 1. The van der Waals surface area contributed by atoms with Crippen LogP contribution in [0.1, 0.15) is 18.7 Å². The molecule has 0 spiro atoms. The van der Waals surface area contributed by atoms with Gasteiger partial charge in [0, 0.05) is 11.4 Å². The number of aliphatic carboxylic acids is 1. The van der Waals surface area contributed by atoms with Gasteiger partial charge in [-0.3, -0.25) is 4.79 Å². The molecule has 0 radical (unpaired) electrons. The number of H-pyrrole nitrogens is 1. The van der Waals surface area contributed by atoms with Gasteiger partial charge in [0.15, 0.2) is 0 Å². The Morgan fingerprint density at radius 3 is 3.11 bits per heavy atom. The van der Waals surface area contributed by atoms with Crippen LogP contribution in [-0.4, -0.2) is 26.8 Å². The van der Waals surface area contributed by atoms with Gasteiger partial charge in [-0.2, -0.15) is 11.8 Å². The molecule has 2 rings (SSSR count). The summed E-state index contributed by atoms with van der Waals surface area (Å²) in [4.78, 5) is 18.0. The molecule has 2 aromatic rings. The zero-order valence-electron chi connectivity index (χ0n) is 9.65. The zero-order valence-corrected chi connectivity index (χ0v) is 11.2. The molecule has 1 heterocycles. The first kappa shape index (κ1) is 13.2. The average Bonchev–Trinajstić information content (AvgIpc) is 2.70. The predicted octanol–water partition coefficient (Wildman–Crippen LogP) is 3.31. The van der Waals surface area contributed by atoms with Crippen LogP contribution in [0.25, 0.3) is 11.0 Å². The number of aromatic nitrogens is 2. The van der Waals surface area contributed by atoms with E-state index in [4.69, 9.17) is 16.7 Å². The Kier molecular flexibility index (Phi) is 4.49. The summed E-state index contributed by atoms with van der Waals surface area (Å²) in [5.41, 5.74) is 1.84. The number of nitrogens with zero attached hydrogens (tertiary/aromatic N) is 1. The molecule has 0 amide bonds. The van der Waals surface area contributed by atoms with E-state index < -0.39 is 5.97 Å². The second kappa shape index (κ2) is 6.11. The van der Waals surface area contributed by atoms with Gasteiger partial charge >= 0.3 is 5.97 Å². The number of carbonyl (C=O) groups is 1. The number of aromatic amines is 1. The van der Waals surface area contributed by atoms with E-state index in [1.54, 1.807) is 11.8 Å². The van der Waals surface area contributed by atoms with E-state index in [9.17, 15) is 4.79 Å². The number of fused-ring (bicyclic) bond motifs is 1. The van der Waals surface area contributed by atoms with E-state index in [0.29, 0.717) is 11.4 Å². The highest BCUT2D eigenvalue weighted by molar-refractivity contribution is 7.98. The summed E-state index contributed by atoms with van der Waals surface area (Å²) in [5.74, 6) is 1.73. The van der Waals surface area contributed by atoms with Crippen molar-refractivity contribution in [3.63, 3.8) is 0 Å². The number of halogens is 1. The molecule has 6 heteroatoms. The van der Waals surface area contributed by atoms with Crippen LogP contribution >= 0.6 is 23.4 Å². The first-order valence-corrected chi connectivity index (χ1v) is 7.12. The largest absolute Gasteiger partial charge is 0.481 e. The molecule has 0 atom stereocenters. The molecule has 4 nitrogen and oxygen atoms in total. The van der Waals surface area contributed by atoms with Crippen molar-refractivity contribution in [1.29, 1.82) is 0 Å².